The Balaban J connectivity index is 0.851. The summed E-state index contributed by atoms with van der Waals surface area (Å²) in [7, 11) is 0. The first kappa shape index (κ1) is 42.4. The maximum atomic E-state index is 6.89. The Hall–Kier alpha value is -9.26. The molecule has 0 unspecified atom stereocenters. The lowest BCUT2D eigenvalue weighted by Crippen LogP contribution is -2.10. The Morgan fingerprint density at radius 1 is 0.270 bits per heavy atom. The van der Waals surface area contributed by atoms with E-state index < -0.39 is 0 Å². The van der Waals surface area contributed by atoms with Gasteiger partial charge < -0.3 is 27.5 Å². The second kappa shape index (κ2) is 16.1. The van der Waals surface area contributed by atoms with Crippen LogP contribution in [0.3, 0.4) is 0 Å². The molecular formula is C68H48N2O4. The van der Waals surface area contributed by atoms with E-state index >= 15 is 0 Å². The van der Waals surface area contributed by atoms with Gasteiger partial charge in [0.2, 0.25) is 0 Å². The molecule has 11 aromatic carbocycles. The number of anilines is 6. The molecule has 6 nitrogen and oxygen atoms in total. The molecule has 0 fully saturated rings. The van der Waals surface area contributed by atoms with Gasteiger partial charge in [-0.25, -0.2) is 0 Å². The zero-order valence-electron chi connectivity index (χ0n) is 41.3. The van der Waals surface area contributed by atoms with Gasteiger partial charge in [0, 0.05) is 65.8 Å². The van der Waals surface area contributed by atoms with Gasteiger partial charge in [-0.3, -0.25) is 0 Å². The summed E-state index contributed by atoms with van der Waals surface area (Å²) in [5, 5.41) is 12.9. The molecule has 15 aromatic rings. The monoisotopic (exact) mass is 956 g/mol. The van der Waals surface area contributed by atoms with Gasteiger partial charge in [-0.05, 0) is 154 Å². The van der Waals surface area contributed by atoms with Crippen LogP contribution in [0, 0.1) is 0 Å². The van der Waals surface area contributed by atoms with Crippen LogP contribution >= 0.6 is 0 Å². The molecule has 0 radical (unpaired) electrons. The summed E-state index contributed by atoms with van der Waals surface area (Å²) in [5.41, 5.74) is 15.2. The first-order chi connectivity index (χ1) is 36.3. The van der Waals surface area contributed by atoms with Crippen molar-refractivity contribution >= 4 is 143 Å². The topological polar surface area (TPSA) is 59.0 Å². The SMILES string of the molecule is CC(C)c1ccc(N(c2ccc3cc4c(cc3c2)oc2c4ccc3c4cc5ccc(N(c6ccc(C(C)C)cc6)c6cccc7c6oc6ccccc67)cc5cc4oc32)c2cccc3c2oc2ccccc23)cc1. The number of fused-ring (bicyclic) bond motifs is 15. The predicted octanol–water partition coefficient (Wildman–Crippen LogP) is 20.8. The number of nitrogens with zero attached hydrogens (tertiary/aromatic N) is 2. The lowest BCUT2D eigenvalue weighted by Gasteiger charge is -2.26. The van der Waals surface area contributed by atoms with Crippen molar-refractivity contribution in [1.29, 1.82) is 0 Å². The molecule has 0 saturated heterocycles. The van der Waals surface area contributed by atoms with E-state index in [1.54, 1.807) is 0 Å². The Bertz CT molecular complexity index is 4440. The van der Waals surface area contributed by atoms with Crippen molar-refractivity contribution in [2.75, 3.05) is 9.80 Å². The predicted molar refractivity (Wildman–Crippen MR) is 308 cm³/mol. The zero-order valence-corrected chi connectivity index (χ0v) is 41.3. The fraction of sp³-hybridized carbons (Fsp3) is 0.0882. The molecule has 0 atom stereocenters. The van der Waals surface area contributed by atoms with Gasteiger partial charge in [0.05, 0.1) is 11.4 Å². The van der Waals surface area contributed by atoms with Crippen LogP contribution in [0.15, 0.2) is 224 Å². The van der Waals surface area contributed by atoms with Crippen LogP contribution in [0.25, 0.3) is 109 Å². The summed E-state index contributed by atoms with van der Waals surface area (Å²) in [6.45, 7) is 8.92. The average molecular weight is 957 g/mol. The van der Waals surface area contributed by atoms with E-state index in [1.807, 2.05) is 24.3 Å². The highest BCUT2D eigenvalue weighted by Crippen LogP contribution is 2.47. The summed E-state index contributed by atoms with van der Waals surface area (Å²) in [5.74, 6) is 0.841. The van der Waals surface area contributed by atoms with Crippen molar-refractivity contribution in [2.24, 2.45) is 0 Å². The lowest BCUT2D eigenvalue weighted by molar-refractivity contribution is 0.634. The van der Waals surface area contributed by atoms with Gasteiger partial charge >= 0.3 is 0 Å². The maximum Gasteiger partial charge on any atom is 0.178 e. The summed E-state index contributed by atoms with van der Waals surface area (Å²) >= 11 is 0. The van der Waals surface area contributed by atoms with Crippen LogP contribution in [0.1, 0.15) is 50.7 Å². The number of benzene rings is 11. The van der Waals surface area contributed by atoms with Gasteiger partial charge in [0.15, 0.2) is 22.3 Å². The van der Waals surface area contributed by atoms with Crippen molar-refractivity contribution in [3.8, 4) is 0 Å². The summed E-state index contributed by atoms with van der Waals surface area (Å²) in [6.07, 6.45) is 0. The number of furan rings is 4. The van der Waals surface area contributed by atoms with E-state index in [1.165, 1.54) is 11.1 Å². The molecule has 4 heterocycles. The van der Waals surface area contributed by atoms with Gasteiger partial charge in [0.25, 0.3) is 0 Å². The molecule has 0 amide bonds. The molecule has 0 aliphatic carbocycles. The van der Waals surface area contributed by atoms with Gasteiger partial charge in [-0.15, -0.1) is 0 Å². The highest BCUT2D eigenvalue weighted by Gasteiger charge is 2.24. The molecule has 0 N–H and O–H groups in total. The Morgan fingerprint density at radius 2 is 0.649 bits per heavy atom. The van der Waals surface area contributed by atoms with Crippen molar-refractivity contribution in [3.63, 3.8) is 0 Å². The molecule has 4 aromatic heterocycles. The van der Waals surface area contributed by atoms with Crippen LogP contribution in [-0.4, -0.2) is 0 Å². The molecule has 0 spiro atoms. The van der Waals surface area contributed by atoms with E-state index in [4.69, 9.17) is 17.7 Å². The van der Waals surface area contributed by atoms with Gasteiger partial charge in [0.1, 0.15) is 22.3 Å². The van der Waals surface area contributed by atoms with Crippen molar-refractivity contribution in [3.05, 3.63) is 217 Å². The van der Waals surface area contributed by atoms with Crippen LogP contribution in [0.5, 0.6) is 0 Å². The van der Waals surface area contributed by atoms with Crippen LogP contribution < -0.4 is 9.80 Å². The molecule has 0 aliphatic rings. The molecular weight excluding hydrogens is 909 g/mol. The molecule has 354 valence electrons. The normalized spacial score (nSPS) is 12.3. The molecule has 0 bridgehead atoms. The standard InChI is InChI=1S/C68H48N2O4/c1-39(2)41-19-25-47(26-20-41)69(59-15-9-13-53-51-11-5-7-17-61(51)71-65(53)59)49-29-23-43-35-57-55-31-32-56-58-36-44-24-30-50(34-46(44)38-64(58)74-68(56)67(55)73-63(57)37-45(43)33-49)70(48-27-21-42(22-28-48)40(3)4)60-16-10-14-54-52-12-6-8-18-62(52)72-66(54)60/h5-40H,1-4H3. The number of rotatable bonds is 8. The minimum Gasteiger partial charge on any atom is -0.454 e. The van der Waals surface area contributed by atoms with Crippen LogP contribution in [0.2, 0.25) is 0 Å². The van der Waals surface area contributed by atoms with Gasteiger partial charge in [-0.2, -0.15) is 0 Å². The van der Waals surface area contributed by atoms with Crippen molar-refractivity contribution in [1.82, 2.24) is 0 Å². The first-order valence-electron chi connectivity index (χ1n) is 25.6. The lowest BCUT2D eigenvalue weighted by atomic mass is 10.0. The fourth-order valence-electron chi connectivity index (χ4n) is 11.5. The van der Waals surface area contributed by atoms with E-state index in [0.29, 0.717) is 11.8 Å². The third kappa shape index (κ3) is 6.51. The smallest absolute Gasteiger partial charge is 0.178 e. The Labute approximate surface area is 425 Å². The van der Waals surface area contributed by atoms with E-state index in [0.717, 1.165) is 143 Å². The first-order valence-corrected chi connectivity index (χ1v) is 25.6. The van der Waals surface area contributed by atoms with Gasteiger partial charge in [-0.1, -0.05) is 125 Å². The van der Waals surface area contributed by atoms with Crippen molar-refractivity contribution < 1.29 is 17.7 Å². The molecule has 6 heteroatoms. The Kier molecular flexibility index (Phi) is 9.24. The zero-order chi connectivity index (χ0) is 49.3. The molecule has 0 saturated carbocycles. The second-order valence-electron chi connectivity index (χ2n) is 20.5. The molecule has 0 aliphatic heterocycles. The highest BCUT2D eigenvalue weighted by molar-refractivity contribution is 6.22. The van der Waals surface area contributed by atoms with Crippen LogP contribution in [0.4, 0.5) is 34.1 Å². The van der Waals surface area contributed by atoms with E-state index in [-0.39, 0.29) is 0 Å². The third-order valence-corrected chi connectivity index (χ3v) is 15.4. The van der Waals surface area contributed by atoms with Crippen molar-refractivity contribution in [2.45, 2.75) is 39.5 Å². The minimum absolute atomic E-state index is 0.421. The van der Waals surface area contributed by atoms with E-state index in [2.05, 4.69) is 219 Å². The number of hydrogen-bond donors (Lipinski definition) is 0. The summed E-state index contributed by atoms with van der Waals surface area (Å²) in [4.78, 5) is 4.62. The molecule has 15 rings (SSSR count). The minimum atomic E-state index is 0.421. The Morgan fingerprint density at radius 3 is 1.08 bits per heavy atom. The summed E-state index contributed by atoms with van der Waals surface area (Å²) < 4.78 is 27.0. The average Bonchev–Trinajstić information content (AvgIpc) is 4.21. The number of hydrogen-bond acceptors (Lipinski definition) is 6. The van der Waals surface area contributed by atoms with Crippen LogP contribution in [-0.2, 0) is 0 Å². The number of para-hydroxylation sites is 4. The highest BCUT2D eigenvalue weighted by atomic mass is 16.4. The largest absolute Gasteiger partial charge is 0.454 e. The van der Waals surface area contributed by atoms with E-state index in [9.17, 15) is 0 Å². The fourth-order valence-corrected chi connectivity index (χ4v) is 11.5. The maximum absolute atomic E-state index is 6.89. The second-order valence-corrected chi connectivity index (χ2v) is 20.5. The third-order valence-electron chi connectivity index (χ3n) is 15.4. The summed E-state index contributed by atoms with van der Waals surface area (Å²) in [6, 6.07) is 73.8. The quantitative estimate of drug-likeness (QED) is 0.151. The molecule has 74 heavy (non-hydrogen) atoms.